The van der Waals surface area contributed by atoms with Crippen molar-refractivity contribution in [2.45, 2.75) is 6.04 Å². The molecule has 1 atom stereocenters. The fourth-order valence-corrected chi connectivity index (χ4v) is 3.36. The maximum Gasteiger partial charge on any atom is 0.254 e. The van der Waals surface area contributed by atoms with E-state index in [1.807, 2.05) is 93.9 Å². The van der Waals surface area contributed by atoms with Crippen LogP contribution in [0.3, 0.4) is 0 Å². The summed E-state index contributed by atoms with van der Waals surface area (Å²) in [4.78, 5) is 21.6. The highest BCUT2D eigenvalue weighted by Crippen LogP contribution is 2.25. The number of hydrogen-bond acceptors (Lipinski definition) is 4. The summed E-state index contributed by atoms with van der Waals surface area (Å²) in [5.74, 6) is 0.817. The number of carbonyl (C=O) groups is 1. The molecule has 150 valence electrons. The molecule has 1 amide bonds. The van der Waals surface area contributed by atoms with Crippen LogP contribution in [0.1, 0.15) is 22.0 Å². The molecule has 3 rings (SSSR count). The van der Waals surface area contributed by atoms with E-state index < -0.39 is 0 Å². The van der Waals surface area contributed by atoms with Crippen LogP contribution in [0.2, 0.25) is 0 Å². The molecule has 0 unspecified atom stereocenters. The summed E-state index contributed by atoms with van der Waals surface area (Å²) in [5, 5.41) is 3.02. The summed E-state index contributed by atoms with van der Waals surface area (Å²) in [6.45, 7) is 0.751. The number of carbonyl (C=O) groups excluding carboxylic acids is 1. The maximum atomic E-state index is 13.3. The van der Waals surface area contributed by atoms with Crippen LogP contribution >= 0.6 is 0 Å². The topological polar surface area (TPSA) is 48.5 Å². The third-order valence-electron chi connectivity index (χ3n) is 4.97. The van der Waals surface area contributed by atoms with Gasteiger partial charge in [0.05, 0.1) is 6.04 Å². The highest BCUT2D eigenvalue weighted by molar-refractivity contribution is 5.95. The summed E-state index contributed by atoms with van der Waals surface area (Å²) in [6.07, 6.45) is 1.82. The quantitative estimate of drug-likeness (QED) is 0.660. The van der Waals surface area contributed by atoms with Crippen molar-refractivity contribution in [2.24, 2.45) is 0 Å². The van der Waals surface area contributed by atoms with Gasteiger partial charge >= 0.3 is 0 Å². The van der Waals surface area contributed by atoms with Crippen LogP contribution in [-0.2, 0) is 0 Å². The van der Waals surface area contributed by atoms with Crippen molar-refractivity contribution in [3.8, 4) is 11.1 Å². The molecule has 0 radical (unpaired) electrons. The van der Waals surface area contributed by atoms with Crippen molar-refractivity contribution in [1.82, 2.24) is 14.8 Å². The normalized spacial score (nSPS) is 11.9. The largest absolute Gasteiger partial charge is 0.373 e. The second-order valence-electron chi connectivity index (χ2n) is 7.37. The number of anilines is 1. The first-order chi connectivity index (χ1) is 14.0. The molecule has 1 heterocycles. The van der Waals surface area contributed by atoms with Gasteiger partial charge in [-0.05, 0) is 49.5 Å². The van der Waals surface area contributed by atoms with Gasteiger partial charge in [-0.1, -0.05) is 42.5 Å². The first kappa shape index (κ1) is 20.6. The van der Waals surface area contributed by atoms with Gasteiger partial charge in [0.1, 0.15) is 5.82 Å². The summed E-state index contributed by atoms with van der Waals surface area (Å²) >= 11 is 0. The van der Waals surface area contributed by atoms with Gasteiger partial charge in [0.2, 0.25) is 0 Å². The van der Waals surface area contributed by atoms with Crippen molar-refractivity contribution >= 4 is 11.7 Å². The number of aromatic nitrogens is 1. The van der Waals surface area contributed by atoms with E-state index in [1.54, 1.807) is 0 Å². The number of pyridine rings is 1. The van der Waals surface area contributed by atoms with E-state index in [0.717, 1.165) is 29.1 Å². The van der Waals surface area contributed by atoms with Gasteiger partial charge in [-0.25, -0.2) is 4.98 Å². The predicted octanol–water partition coefficient (Wildman–Crippen LogP) is 4.17. The van der Waals surface area contributed by atoms with Gasteiger partial charge in [0.25, 0.3) is 5.91 Å². The molecule has 0 saturated heterocycles. The van der Waals surface area contributed by atoms with Crippen molar-refractivity contribution < 1.29 is 4.79 Å². The van der Waals surface area contributed by atoms with Gasteiger partial charge in [-0.2, -0.15) is 0 Å². The molecule has 1 N–H and O–H groups in total. The van der Waals surface area contributed by atoms with Gasteiger partial charge in [0.15, 0.2) is 0 Å². The number of nitrogens with zero attached hydrogens (tertiary/aromatic N) is 3. The van der Waals surface area contributed by atoms with E-state index in [2.05, 4.69) is 27.3 Å². The van der Waals surface area contributed by atoms with Crippen LogP contribution in [0.4, 0.5) is 5.82 Å². The zero-order valence-electron chi connectivity index (χ0n) is 17.5. The minimum absolute atomic E-state index is 0.00218. The monoisotopic (exact) mass is 388 g/mol. The number of nitrogens with one attached hydrogen (secondary N) is 1. The van der Waals surface area contributed by atoms with Crippen molar-refractivity contribution in [1.29, 1.82) is 0 Å². The smallest absolute Gasteiger partial charge is 0.254 e. The zero-order chi connectivity index (χ0) is 20.8. The number of likely N-dealkylation sites (N-methyl/N-ethyl adjacent to an activating group) is 2. The lowest BCUT2D eigenvalue weighted by atomic mass is 10.0. The van der Waals surface area contributed by atoms with Crippen molar-refractivity contribution in [3.63, 3.8) is 0 Å². The second kappa shape index (κ2) is 9.34. The van der Waals surface area contributed by atoms with Crippen LogP contribution in [0.25, 0.3) is 11.1 Å². The molecular formula is C24H28N4O. The Balaban J connectivity index is 1.87. The third kappa shape index (κ3) is 5.00. The molecule has 0 aliphatic heterocycles. The molecule has 2 aromatic carbocycles. The minimum atomic E-state index is -0.0288. The van der Waals surface area contributed by atoms with Crippen LogP contribution in [0, 0.1) is 0 Å². The predicted molar refractivity (Wildman–Crippen MR) is 119 cm³/mol. The minimum Gasteiger partial charge on any atom is -0.373 e. The molecular weight excluding hydrogens is 360 g/mol. The van der Waals surface area contributed by atoms with Gasteiger partial charge < -0.3 is 15.1 Å². The number of hydrogen-bond donors (Lipinski definition) is 1. The third-order valence-corrected chi connectivity index (χ3v) is 4.97. The summed E-state index contributed by atoms with van der Waals surface area (Å²) in [5.41, 5.74) is 3.75. The fourth-order valence-electron chi connectivity index (χ4n) is 3.36. The Kier molecular flexibility index (Phi) is 6.62. The van der Waals surface area contributed by atoms with Crippen LogP contribution in [-0.4, -0.2) is 55.4 Å². The molecule has 1 aromatic heterocycles. The molecule has 0 fully saturated rings. The molecule has 5 nitrogen and oxygen atoms in total. The van der Waals surface area contributed by atoms with E-state index in [-0.39, 0.29) is 11.9 Å². The maximum absolute atomic E-state index is 13.3. The summed E-state index contributed by atoms with van der Waals surface area (Å²) < 4.78 is 0. The Morgan fingerprint density at radius 1 is 0.966 bits per heavy atom. The lowest BCUT2D eigenvalue weighted by Crippen LogP contribution is -2.37. The lowest BCUT2D eigenvalue weighted by Gasteiger charge is -2.31. The second-order valence-corrected chi connectivity index (χ2v) is 7.37. The molecule has 5 heteroatoms. The first-order valence-electron chi connectivity index (χ1n) is 9.70. The molecule has 0 spiro atoms. The Labute approximate surface area is 173 Å². The molecule has 0 aliphatic carbocycles. The highest BCUT2D eigenvalue weighted by atomic mass is 16.2. The van der Waals surface area contributed by atoms with Crippen molar-refractivity contribution in [3.05, 3.63) is 84.1 Å². The SMILES string of the molecule is CNc1ccc(-c2cccc(C(=O)N(C)[C@@H](CN(C)C)c3ccccc3)c2)cn1. The fraction of sp³-hybridized carbons (Fsp3) is 0.250. The van der Waals surface area contributed by atoms with E-state index in [9.17, 15) is 4.79 Å². The van der Waals surface area contributed by atoms with E-state index >= 15 is 0 Å². The van der Waals surface area contributed by atoms with Crippen molar-refractivity contribution in [2.75, 3.05) is 40.1 Å². The van der Waals surface area contributed by atoms with Gasteiger partial charge in [-0.3, -0.25) is 4.79 Å². The Bertz CT molecular complexity index is 939. The van der Waals surface area contributed by atoms with E-state index in [1.165, 1.54) is 0 Å². The summed E-state index contributed by atoms with van der Waals surface area (Å²) in [7, 11) is 7.76. The molecule has 29 heavy (non-hydrogen) atoms. The molecule has 0 saturated carbocycles. The summed E-state index contributed by atoms with van der Waals surface area (Å²) in [6, 6.07) is 21.8. The highest BCUT2D eigenvalue weighted by Gasteiger charge is 2.23. The van der Waals surface area contributed by atoms with Gasteiger partial charge in [-0.15, -0.1) is 0 Å². The van der Waals surface area contributed by atoms with Crippen LogP contribution in [0.15, 0.2) is 72.9 Å². The van der Waals surface area contributed by atoms with Gasteiger partial charge in [0, 0.05) is 38.0 Å². The van der Waals surface area contributed by atoms with E-state index in [0.29, 0.717) is 5.56 Å². The standard InChI is InChI=1S/C24H28N4O/c1-25-23-14-13-21(16-26-23)19-11-8-12-20(15-19)24(29)28(4)22(17-27(2)3)18-9-6-5-7-10-18/h5-16,22H,17H2,1-4H3,(H,25,26)/t22-/m0/s1. The van der Waals surface area contributed by atoms with Crippen LogP contribution in [0.5, 0.6) is 0 Å². The van der Waals surface area contributed by atoms with Crippen LogP contribution < -0.4 is 5.32 Å². The zero-order valence-corrected chi connectivity index (χ0v) is 17.5. The Morgan fingerprint density at radius 2 is 1.72 bits per heavy atom. The molecule has 0 bridgehead atoms. The number of benzene rings is 2. The average molecular weight is 389 g/mol. The first-order valence-corrected chi connectivity index (χ1v) is 9.70. The Hall–Kier alpha value is -3.18. The molecule has 0 aliphatic rings. The number of amides is 1. The lowest BCUT2D eigenvalue weighted by molar-refractivity contribution is 0.0705. The average Bonchev–Trinajstić information content (AvgIpc) is 2.77. The number of rotatable bonds is 7. The van der Waals surface area contributed by atoms with E-state index in [4.69, 9.17) is 0 Å². The Morgan fingerprint density at radius 3 is 2.34 bits per heavy atom. The molecule has 3 aromatic rings.